The summed E-state index contributed by atoms with van der Waals surface area (Å²) in [5.74, 6) is -0.291. The van der Waals surface area contributed by atoms with Crippen LogP contribution in [0.5, 0.6) is 11.5 Å². The molecule has 0 aliphatic rings. The average Bonchev–Trinajstić information content (AvgIpc) is 3.06. The van der Waals surface area contributed by atoms with Gasteiger partial charge in [0.2, 0.25) is 0 Å². The summed E-state index contributed by atoms with van der Waals surface area (Å²) in [5, 5.41) is 11.1. The van der Waals surface area contributed by atoms with E-state index in [-0.39, 0.29) is 17.4 Å². The lowest BCUT2D eigenvalue weighted by Gasteiger charge is -2.13. The number of carboxylic acid groups (broad SMARTS) is 1. The van der Waals surface area contributed by atoms with Gasteiger partial charge in [-0.3, -0.25) is 0 Å². The minimum atomic E-state index is -1.11. The van der Waals surface area contributed by atoms with Crippen LogP contribution in [-0.2, 0) is 4.74 Å². The number of carbonyl (C=O) groups is 1. The van der Waals surface area contributed by atoms with Gasteiger partial charge in [-0.2, -0.15) is 0 Å². The van der Waals surface area contributed by atoms with Gasteiger partial charge < -0.3 is 19.3 Å². The molecule has 1 N–H and O–H groups in total. The fourth-order valence-electron chi connectivity index (χ4n) is 2.76. The lowest BCUT2D eigenvalue weighted by Crippen LogP contribution is -2.08. The maximum absolute atomic E-state index is 11.8. The number of nitrogens with zero attached hydrogens (tertiary/aromatic N) is 2. The minimum Gasteiger partial charge on any atom is -0.497 e. The molecule has 0 unspecified atom stereocenters. The Hall–Kier alpha value is -2.01. The Morgan fingerprint density at radius 1 is 1.38 bits per heavy atom. The van der Waals surface area contributed by atoms with Crippen molar-refractivity contribution in [2.45, 2.75) is 12.1 Å². The maximum atomic E-state index is 11.8. The highest BCUT2D eigenvalue weighted by molar-refractivity contribution is 7.98. The summed E-state index contributed by atoms with van der Waals surface area (Å²) < 4.78 is 16.4. The van der Waals surface area contributed by atoms with Crippen molar-refractivity contribution in [1.29, 1.82) is 0 Å². The van der Waals surface area contributed by atoms with Gasteiger partial charge in [-0.15, -0.1) is 11.3 Å². The topological polar surface area (TPSA) is 90.8 Å². The summed E-state index contributed by atoms with van der Waals surface area (Å²) in [6.07, 6.45) is 1.85. The summed E-state index contributed by atoms with van der Waals surface area (Å²) in [7, 11) is 3.47. The van der Waals surface area contributed by atoms with E-state index in [9.17, 15) is 9.90 Å². The van der Waals surface area contributed by atoms with E-state index in [1.165, 1.54) is 11.8 Å². The molecule has 3 aromatic rings. The molecular formula is C18H18BClN2O5S2. The predicted octanol–water partition coefficient (Wildman–Crippen LogP) is 3.07. The quantitative estimate of drug-likeness (QED) is 0.183. The summed E-state index contributed by atoms with van der Waals surface area (Å²) in [5.41, 5.74) is 1.96. The lowest BCUT2D eigenvalue weighted by atomic mass is 9.92. The Morgan fingerprint density at radius 3 is 2.76 bits per heavy atom. The minimum absolute atomic E-state index is 0.0312. The first kappa shape index (κ1) is 21.7. The number of ether oxygens (including phenoxy) is 3. The van der Waals surface area contributed by atoms with Gasteiger partial charge in [0.1, 0.15) is 18.4 Å². The van der Waals surface area contributed by atoms with Crippen molar-refractivity contribution < 1.29 is 24.1 Å². The molecule has 3 rings (SSSR count). The van der Waals surface area contributed by atoms with Crippen molar-refractivity contribution in [3.8, 4) is 22.8 Å². The molecule has 2 heterocycles. The Balaban J connectivity index is 2.34. The Kier molecular flexibility index (Phi) is 6.89. The van der Waals surface area contributed by atoms with E-state index in [4.69, 9.17) is 25.8 Å². The number of fused-ring (bicyclic) bond motifs is 1. The maximum Gasteiger partial charge on any atom is 0.349 e. The molecule has 0 saturated carbocycles. The van der Waals surface area contributed by atoms with E-state index in [0.29, 0.717) is 44.0 Å². The fourth-order valence-corrected chi connectivity index (χ4v) is 4.45. The van der Waals surface area contributed by atoms with Crippen molar-refractivity contribution in [1.82, 2.24) is 9.97 Å². The van der Waals surface area contributed by atoms with E-state index >= 15 is 0 Å². The van der Waals surface area contributed by atoms with Crippen molar-refractivity contribution in [3.63, 3.8) is 0 Å². The van der Waals surface area contributed by atoms with Crippen molar-refractivity contribution >= 4 is 64.2 Å². The largest absolute Gasteiger partial charge is 0.497 e. The van der Waals surface area contributed by atoms with Crippen LogP contribution in [0.15, 0.2) is 17.3 Å². The number of benzene rings is 1. The average molecular weight is 453 g/mol. The van der Waals surface area contributed by atoms with Crippen LogP contribution in [-0.4, -0.2) is 55.7 Å². The van der Waals surface area contributed by atoms with E-state index in [0.717, 1.165) is 16.8 Å². The zero-order chi connectivity index (χ0) is 21.1. The molecule has 0 aliphatic carbocycles. The molecule has 0 aliphatic heterocycles. The van der Waals surface area contributed by atoms with Crippen LogP contribution in [0.4, 0.5) is 0 Å². The van der Waals surface area contributed by atoms with Crippen LogP contribution in [0, 0.1) is 0 Å². The third kappa shape index (κ3) is 4.30. The SMILES string of the molecule is Bc1cc(Cl)c(-c2nc(SC)nc3sc(C(=O)O)c(OCOCC)c23)cc1OC. The number of thioether (sulfide) groups is 1. The lowest BCUT2D eigenvalue weighted by molar-refractivity contribution is 0.0226. The first-order valence-electron chi connectivity index (χ1n) is 8.58. The van der Waals surface area contributed by atoms with Crippen LogP contribution in [0.3, 0.4) is 0 Å². The van der Waals surface area contributed by atoms with Gasteiger partial charge in [-0.25, -0.2) is 14.8 Å². The van der Waals surface area contributed by atoms with Gasteiger partial charge in [0.25, 0.3) is 0 Å². The molecule has 0 fully saturated rings. The van der Waals surface area contributed by atoms with Gasteiger partial charge in [0.15, 0.2) is 22.6 Å². The van der Waals surface area contributed by atoms with E-state index in [1.54, 1.807) is 19.2 Å². The highest BCUT2D eigenvalue weighted by Gasteiger charge is 2.26. The number of halogens is 1. The highest BCUT2D eigenvalue weighted by Crippen LogP contribution is 2.44. The molecule has 0 radical (unpaired) electrons. The van der Waals surface area contributed by atoms with E-state index in [1.807, 2.05) is 21.0 Å². The van der Waals surface area contributed by atoms with Crippen LogP contribution >= 0.6 is 34.7 Å². The number of hydrogen-bond acceptors (Lipinski definition) is 8. The van der Waals surface area contributed by atoms with Crippen molar-refractivity contribution in [2.24, 2.45) is 0 Å². The number of carboxylic acids is 1. The first-order chi connectivity index (χ1) is 13.9. The van der Waals surface area contributed by atoms with Crippen LogP contribution in [0.1, 0.15) is 16.6 Å². The molecule has 0 amide bonds. The number of aromatic carboxylic acids is 1. The number of aromatic nitrogens is 2. The van der Waals surface area contributed by atoms with E-state index < -0.39 is 5.97 Å². The number of thiophene rings is 1. The molecule has 11 heteroatoms. The van der Waals surface area contributed by atoms with Crippen molar-refractivity contribution in [3.05, 3.63) is 22.0 Å². The monoisotopic (exact) mass is 452 g/mol. The molecule has 0 spiro atoms. The molecule has 0 saturated heterocycles. The molecular weight excluding hydrogens is 435 g/mol. The van der Waals surface area contributed by atoms with Crippen LogP contribution in [0.25, 0.3) is 21.5 Å². The standard InChI is InChI=1S/C18H18BClN2O5S2/c1-4-26-7-27-14-12-13(8-5-11(25-2)9(19)6-10(8)20)21-18(28-3)22-16(12)29-15(14)17(23)24/h5-6H,4,7,19H2,1-3H3,(H,23,24). The molecule has 29 heavy (non-hydrogen) atoms. The number of rotatable bonds is 8. The Bertz CT molecular complexity index is 1080. The normalized spacial score (nSPS) is 11.0. The fraction of sp³-hybridized carbons (Fsp3) is 0.278. The van der Waals surface area contributed by atoms with Crippen LogP contribution < -0.4 is 14.9 Å². The number of hydrogen-bond donors (Lipinski definition) is 1. The predicted molar refractivity (Wildman–Crippen MR) is 118 cm³/mol. The third-order valence-electron chi connectivity index (χ3n) is 4.09. The van der Waals surface area contributed by atoms with Gasteiger partial charge in [-0.1, -0.05) is 23.4 Å². The zero-order valence-corrected chi connectivity index (χ0v) is 18.6. The summed E-state index contributed by atoms with van der Waals surface area (Å²) in [4.78, 5) is 21.5. The summed E-state index contributed by atoms with van der Waals surface area (Å²) >= 11 is 8.92. The summed E-state index contributed by atoms with van der Waals surface area (Å²) in [6, 6.07) is 3.57. The Labute approximate surface area is 181 Å². The van der Waals surface area contributed by atoms with Gasteiger partial charge in [0.05, 0.1) is 18.2 Å². The first-order valence-corrected chi connectivity index (χ1v) is 11.0. The Morgan fingerprint density at radius 2 is 2.14 bits per heavy atom. The second-order valence-electron chi connectivity index (χ2n) is 5.86. The molecule has 7 nitrogen and oxygen atoms in total. The number of methoxy groups -OCH3 is 1. The molecule has 0 atom stereocenters. The van der Waals surface area contributed by atoms with Gasteiger partial charge in [0, 0.05) is 17.2 Å². The van der Waals surface area contributed by atoms with Crippen LogP contribution in [0.2, 0.25) is 5.02 Å². The smallest absolute Gasteiger partial charge is 0.349 e. The summed E-state index contributed by atoms with van der Waals surface area (Å²) in [6.45, 7) is 2.17. The molecule has 1 aromatic carbocycles. The zero-order valence-electron chi connectivity index (χ0n) is 16.2. The highest BCUT2D eigenvalue weighted by atomic mass is 35.5. The van der Waals surface area contributed by atoms with Gasteiger partial charge >= 0.3 is 5.97 Å². The van der Waals surface area contributed by atoms with Crippen molar-refractivity contribution in [2.75, 3.05) is 26.8 Å². The second-order valence-corrected chi connectivity index (χ2v) is 8.04. The molecule has 152 valence electrons. The molecule has 2 aromatic heterocycles. The third-order valence-corrected chi connectivity index (χ3v) is 6.01. The second kappa shape index (κ2) is 9.21. The van der Waals surface area contributed by atoms with E-state index in [2.05, 4.69) is 9.97 Å². The molecule has 0 bridgehead atoms. The van der Waals surface area contributed by atoms with Gasteiger partial charge in [-0.05, 0) is 30.8 Å².